The number of nitrogens with zero attached hydrogens (tertiary/aromatic N) is 4. The number of rotatable bonds is 4. The number of likely N-dealkylation sites (tertiary alicyclic amines) is 1. The molecule has 0 aromatic carbocycles. The summed E-state index contributed by atoms with van der Waals surface area (Å²) in [5.74, 6) is -0.174. The minimum Gasteiger partial charge on any atom is -0.351 e. The number of aromatic nitrogens is 3. The van der Waals surface area contributed by atoms with Crippen molar-refractivity contribution in [3.05, 3.63) is 41.8 Å². The summed E-state index contributed by atoms with van der Waals surface area (Å²) in [6, 6.07) is 1.45. The molecule has 1 aliphatic rings. The Balaban J connectivity index is 1.68. The Morgan fingerprint density at radius 1 is 1.43 bits per heavy atom. The van der Waals surface area contributed by atoms with Gasteiger partial charge in [0.2, 0.25) is 11.7 Å². The van der Waals surface area contributed by atoms with Crippen LogP contribution in [0.5, 0.6) is 0 Å². The van der Waals surface area contributed by atoms with E-state index in [1.165, 1.54) is 12.3 Å². The molecule has 1 saturated heterocycles. The number of carbonyl (C=O) groups is 2. The number of hydrogen-bond donors (Lipinski definition) is 1. The summed E-state index contributed by atoms with van der Waals surface area (Å²) in [4.78, 5) is 34.0. The number of nitrogens with one attached hydrogen (secondary N) is 1. The van der Waals surface area contributed by atoms with Gasteiger partial charge in [-0.05, 0) is 12.8 Å². The molecule has 2 amide bonds. The average molecular weight is 315 g/mol. The molecule has 1 atom stereocenters. The van der Waals surface area contributed by atoms with Gasteiger partial charge in [0.25, 0.3) is 5.91 Å². The summed E-state index contributed by atoms with van der Waals surface area (Å²) in [5, 5.41) is 6.19. The first-order valence-electron chi connectivity index (χ1n) is 7.42. The lowest BCUT2D eigenvalue weighted by Gasteiger charge is -2.22. The van der Waals surface area contributed by atoms with E-state index in [1.807, 2.05) is 0 Å². The van der Waals surface area contributed by atoms with Crippen molar-refractivity contribution in [3.63, 3.8) is 0 Å². The predicted molar refractivity (Wildman–Crippen MR) is 79.1 cm³/mol. The first-order chi connectivity index (χ1) is 11.1. The molecule has 0 spiro atoms. The van der Waals surface area contributed by atoms with Crippen molar-refractivity contribution in [3.8, 4) is 0 Å². The minimum absolute atomic E-state index is 0.0371. The van der Waals surface area contributed by atoms with Gasteiger partial charge in [-0.15, -0.1) is 0 Å². The molecular formula is C15H17N5O3. The first kappa shape index (κ1) is 15.1. The average Bonchev–Trinajstić information content (AvgIpc) is 3.23. The summed E-state index contributed by atoms with van der Waals surface area (Å²) >= 11 is 0. The maximum absolute atomic E-state index is 11.8. The zero-order chi connectivity index (χ0) is 16.2. The van der Waals surface area contributed by atoms with Gasteiger partial charge >= 0.3 is 0 Å². The monoisotopic (exact) mass is 315 g/mol. The van der Waals surface area contributed by atoms with Gasteiger partial charge in [-0.1, -0.05) is 5.16 Å². The number of carbonyl (C=O) groups excluding carboxylic acids is 2. The molecule has 120 valence electrons. The van der Waals surface area contributed by atoms with Crippen LogP contribution in [-0.2, 0) is 11.3 Å². The highest BCUT2D eigenvalue weighted by Gasteiger charge is 2.29. The molecule has 2 aromatic heterocycles. The summed E-state index contributed by atoms with van der Waals surface area (Å²) in [6.45, 7) is 2.54. The predicted octanol–water partition coefficient (Wildman–Crippen LogP) is 1.08. The van der Waals surface area contributed by atoms with Crippen molar-refractivity contribution in [2.24, 2.45) is 0 Å². The normalized spacial score (nSPS) is 17.3. The third kappa shape index (κ3) is 3.36. The Morgan fingerprint density at radius 3 is 3.04 bits per heavy atom. The van der Waals surface area contributed by atoms with Gasteiger partial charge in [0.15, 0.2) is 0 Å². The molecule has 0 radical (unpaired) electrons. The molecule has 1 aliphatic heterocycles. The lowest BCUT2D eigenvalue weighted by atomic mass is 10.1. The smallest absolute Gasteiger partial charge is 0.290 e. The standard InChI is InChI=1S/C15H17N5O3/c1-10(21)20-6-2-3-13(20)12-9-16-7-11(19-12)8-17-15(22)14-4-5-18-23-14/h4-5,7,9,13H,2-3,6,8H2,1H3,(H,17,22). The van der Waals surface area contributed by atoms with E-state index in [4.69, 9.17) is 4.52 Å². The molecule has 1 fully saturated rings. The van der Waals surface area contributed by atoms with E-state index in [0.717, 1.165) is 25.1 Å². The van der Waals surface area contributed by atoms with Crippen LogP contribution >= 0.6 is 0 Å². The molecule has 0 bridgehead atoms. The largest absolute Gasteiger partial charge is 0.351 e. The van der Waals surface area contributed by atoms with Crippen molar-refractivity contribution < 1.29 is 14.1 Å². The van der Waals surface area contributed by atoms with Crippen molar-refractivity contribution >= 4 is 11.8 Å². The van der Waals surface area contributed by atoms with E-state index < -0.39 is 0 Å². The van der Waals surface area contributed by atoms with Crippen LogP contribution in [0.15, 0.2) is 29.2 Å². The summed E-state index contributed by atoms with van der Waals surface area (Å²) in [7, 11) is 0. The fourth-order valence-corrected chi connectivity index (χ4v) is 2.71. The summed E-state index contributed by atoms with van der Waals surface area (Å²) in [6.07, 6.45) is 6.51. The molecule has 2 aromatic rings. The highest BCUT2D eigenvalue weighted by atomic mass is 16.5. The van der Waals surface area contributed by atoms with Gasteiger partial charge in [0.05, 0.1) is 42.6 Å². The lowest BCUT2D eigenvalue weighted by Crippen LogP contribution is -2.29. The molecule has 8 nitrogen and oxygen atoms in total. The quantitative estimate of drug-likeness (QED) is 0.906. The van der Waals surface area contributed by atoms with Crippen LogP contribution in [0, 0.1) is 0 Å². The molecule has 1 N–H and O–H groups in total. The van der Waals surface area contributed by atoms with Gasteiger partial charge in [0, 0.05) is 19.5 Å². The Morgan fingerprint density at radius 2 is 2.30 bits per heavy atom. The van der Waals surface area contributed by atoms with Crippen LogP contribution in [0.25, 0.3) is 0 Å². The molecule has 1 unspecified atom stereocenters. The maximum Gasteiger partial charge on any atom is 0.290 e. The third-order valence-electron chi connectivity index (χ3n) is 3.79. The molecule has 0 saturated carbocycles. The van der Waals surface area contributed by atoms with Gasteiger partial charge < -0.3 is 14.7 Å². The summed E-state index contributed by atoms with van der Waals surface area (Å²) < 4.78 is 4.79. The molecule has 23 heavy (non-hydrogen) atoms. The second kappa shape index (κ2) is 6.55. The van der Waals surface area contributed by atoms with E-state index >= 15 is 0 Å². The van der Waals surface area contributed by atoms with Crippen LogP contribution in [0.4, 0.5) is 0 Å². The fourth-order valence-electron chi connectivity index (χ4n) is 2.71. The fraction of sp³-hybridized carbons (Fsp3) is 0.400. The van der Waals surface area contributed by atoms with Crippen LogP contribution in [0.1, 0.15) is 47.7 Å². The highest BCUT2D eigenvalue weighted by molar-refractivity contribution is 5.91. The van der Waals surface area contributed by atoms with Crippen LogP contribution in [-0.4, -0.2) is 38.4 Å². The number of amides is 2. The minimum atomic E-state index is -0.360. The molecular weight excluding hydrogens is 298 g/mol. The number of hydrogen-bond acceptors (Lipinski definition) is 6. The third-order valence-corrected chi connectivity index (χ3v) is 3.79. The topological polar surface area (TPSA) is 101 Å². The van der Waals surface area contributed by atoms with E-state index in [-0.39, 0.29) is 30.2 Å². The Bertz CT molecular complexity index is 701. The molecule has 3 rings (SSSR count). The van der Waals surface area contributed by atoms with Crippen molar-refractivity contribution in [2.75, 3.05) is 6.54 Å². The molecule has 3 heterocycles. The van der Waals surface area contributed by atoms with E-state index in [0.29, 0.717) is 5.69 Å². The van der Waals surface area contributed by atoms with Crippen LogP contribution in [0.2, 0.25) is 0 Å². The van der Waals surface area contributed by atoms with Crippen LogP contribution in [0.3, 0.4) is 0 Å². The van der Waals surface area contributed by atoms with Gasteiger partial charge in [0.1, 0.15) is 0 Å². The van der Waals surface area contributed by atoms with E-state index in [1.54, 1.807) is 24.2 Å². The highest BCUT2D eigenvalue weighted by Crippen LogP contribution is 2.30. The van der Waals surface area contributed by atoms with Gasteiger partial charge in [-0.25, -0.2) is 0 Å². The SMILES string of the molecule is CC(=O)N1CCCC1c1cncc(CNC(=O)c2ccno2)n1. The van der Waals surface area contributed by atoms with Gasteiger partial charge in [-0.3, -0.25) is 19.6 Å². The molecule has 0 aliphatic carbocycles. The zero-order valence-corrected chi connectivity index (χ0v) is 12.7. The second-order valence-corrected chi connectivity index (χ2v) is 5.37. The first-order valence-corrected chi connectivity index (χ1v) is 7.42. The van der Waals surface area contributed by atoms with E-state index in [2.05, 4.69) is 20.4 Å². The van der Waals surface area contributed by atoms with Crippen molar-refractivity contribution in [1.82, 2.24) is 25.3 Å². The second-order valence-electron chi connectivity index (χ2n) is 5.37. The Kier molecular flexibility index (Phi) is 4.31. The lowest BCUT2D eigenvalue weighted by molar-refractivity contribution is -0.129. The van der Waals surface area contributed by atoms with Crippen molar-refractivity contribution in [2.45, 2.75) is 32.4 Å². The van der Waals surface area contributed by atoms with Gasteiger partial charge in [-0.2, -0.15) is 0 Å². The molecule has 8 heteroatoms. The van der Waals surface area contributed by atoms with E-state index in [9.17, 15) is 9.59 Å². The Hall–Kier alpha value is -2.77. The Labute approximate surface area is 132 Å². The van der Waals surface area contributed by atoms with Crippen LogP contribution < -0.4 is 5.32 Å². The summed E-state index contributed by atoms with van der Waals surface area (Å²) in [5.41, 5.74) is 1.38. The van der Waals surface area contributed by atoms with Crippen molar-refractivity contribution in [1.29, 1.82) is 0 Å². The maximum atomic E-state index is 11.8. The zero-order valence-electron chi connectivity index (χ0n) is 12.7.